The number of hydrogen-bond acceptors (Lipinski definition) is 5. The molecule has 1 aromatic carbocycles. The van der Waals surface area contributed by atoms with Gasteiger partial charge < -0.3 is 14.7 Å². The van der Waals surface area contributed by atoms with Crippen molar-refractivity contribution in [3.8, 4) is 5.75 Å². The van der Waals surface area contributed by atoms with Gasteiger partial charge in [-0.2, -0.15) is 0 Å². The molecule has 104 valence electrons. The molecule has 0 atom stereocenters. The van der Waals surface area contributed by atoms with Crippen LogP contribution < -0.4 is 9.64 Å². The molecule has 0 saturated carbocycles. The molecule has 0 unspecified atom stereocenters. The SMILES string of the molecule is COc1cccc(CN(C)c2ccc(C(=O)O)nn2)c1. The van der Waals surface area contributed by atoms with Crippen LogP contribution in [0.2, 0.25) is 0 Å². The second kappa shape index (κ2) is 6.01. The maximum atomic E-state index is 10.7. The quantitative estimate of drug-likeness (QED) is 0.895. The first-order valence-corrected chi connectivity index (χ1v) is 6.01. The van der Waals surface area contributed by atoms with Crippen molar-refractivity contribution in [3.63, 3.8) is 0 Å². The second-order valence-electron chi connectivity index (χ2n) is 4.29. The maximum Gasteiger partial charge on any atom is 0.356 e. The number of rotatable bonds is 5. The van der Waals surface area contributed by atoms with E-state index in [1.165, 1.54) is 6.07 Å². The predicted octanol–water partition coefficient (Wildman–Crippen LogP) is 1.82. The molecule has 0 aliphatic carbocycles. The van der Waals surface area contributed by atoms with Gasteiger partial charge in [-0.15, -0.1) is 10.2 Å². The van der Waals surface area contributed by atoms with Crippen LogP contribution in [0.25, 0.3) is 0 Å². The summed E-state index contributed by atoms with van der Waals surface area (Å²) in [7, 11) is 3.49. The lowest BCUT2D eigenvalue weighted by Crippen LogP contribution is -2.18. The van der Waals surface area contributed by atoms with Crippen LogP contribution in [-0.2, 0) is 6.54 Å². The van der Waals surface area contributed by atoms with Crippen molar-refractivity contribution in [3.05, 3.63) is 47.7 Å². The van der Waals surface area contributed by atoms with Gasteiger partial charge in [0.15, 0.2) is 11.5 Å². The zero-order valence-corrected chi connectivity index (χ0v) is 11.3. The average Bonchev–Trinajstić information content (AvgIpc) is 2.47. The van der Waals surface area contributed by atoms with Gasteiger partial charge in [-0.1, -0.05) is 12.1 Å². The van der Waals surface area contributed by atoms with Crippen LogP contribution in [0.4, 0.5) is 5.82 Å². The third kappa shape index (κ3) is 3.23. The van der Waals surface area contributed by atoms with Gasteiger partial charge in [-0.25, -0.2) is 4.79 Å². The molecular weight excluding hydrogens is 258 g/mol. The first-order valence-electron chi connectivity index (χ1n) is 6.01. The normalized spacial score (nSPS) is 10.1. The number of carbonyl (C=O) groups is 1. The van der Waals surface area contributed by atoms with Gasteiger partial charge >= 0.3 is 5.97 Å². The fourth-order valence-electron chi connectivity index (χ4n) is 1.77. The van der Waals surface area contributed by atoms with E-state index < -0.39 is 5.97 Å². The van der Waals surface area contributed by atoms with E-state index >= 15 is 0 Å². The standard InChI is InChI=1S/C14H15N3O3/c1-17(9-10-4-3-5-11(8-10)20-2)13-7-6-12(14(18)19)15-16-13/h3-8H,9H2,1-2H3,(H,18,19). The van der Waals surface area contributed by atoms with Crippen molar-refractivity contribution in [2.24, 2.45) is 0 Å². The van der Waals surface area contributed by atoms with E-state index in [-0.39, 0.29) is 5.69 Å². The Kier molecular flexibility index (Phi) is 4.14. The molecule has 0 radical (unpaired) electrons. The van der Waals surface area contributed by atoms with Gasteiger partial charge in [0.2, 0.25) is 0 Å². The molecule has 1 heterocycles. The molecule has 20 heavy (non-hydrogen) atoms. The first kappa shape index (κ1) is 13.8. The Morgan fingerprint density at radius 1 is 1.30 bits per heavy atom. The lowest BCUT2D eigenvalue weighted by molar-refractivity contribution is 0.0689. The molecule has 6 nitrogen and oxygen atoms in total. The molecule has 0 aliphatic heterocycles. The Labute approximate surface area is 116 Å². The van der Waals surface area contributed by atoms with Crippen LogP contribution in [0.5, 0.6) is 5.75 Å². The van der Waals surface area contributed by atoms with Crippen LogP contribution >= 0.6 is 0 Å². The number of nitrogens with zero attached hydrogens (tertiary/aromatic N) is 3. The number of anilines is 1. The van der Waals surface area contributed by atoms with E-state index in [2.05, 4.69) is 10.2 Å². The number of aromatic carboxylic acids is 1. The van der Waals surface area contributed by atoms with E-state index in [4.69, 9.17) is 9.84 Å². The maximum absolute atomic E-state index is 10.7. The van der Waals surface area contributed by atoms with Gasteiger partial charge in [0.1, 0.15) is 5.75 Å². The molecule has 0 aliphatic rings. The Hall–Kier alpha value is -2.63. The fraction of sp³-hybridized carbons (Fsp3) is 0.214. The summed E-state index contributed by atoms with van der Waals surface area (Å²) in [6, 6.07) is 10.8. The van der Waals surface area contributed by atoms with Crippen LogP contribution in [0.1, 0.15) is 16.1 Å². The molecule has 0 bridgehead atoms. The number of aromatic nitrogens is 2. The molecule has 0 amide bonds. The number of hydrogen-bond donors (Lipinski definition) is 1. The summed E-state index contributed by atoms with van der Waals surface area (Å²) < 4.78 is 5.17. The summed E-state index contributed by atoms with van der Waals surface area (Å²) in [5.74, 6) is 0.320. The fourth-order valence-corrected chi connectivity index (χ4v) is 1.77. The highest BCUT2D eigenvalue weighted by Crippen LogP contribution is 2.16. The monoisotopic (exact) mass is 273 g/mol. The lowest BCUT2D eigenvalue weighted by Gasteiger charge is -2.17. The van der Waals surface area contributed by atoms with Crippen LogP contribution in [0.3, 0.4) is 0 Å². The van der Waals surface area contributed by atoms with Gasteiger partial charge in [-0.05, 0) is 29.8 Å². The predicted molar refractivity (Wildman–Crippen MR) is 74.1 cm³/mol. The minimum atomic E-state index is -1.08. The molecule has 0 fully saturated rings. The highest BCUT2D eigenvalue weighted by molar-refractivity contribution is 5.85. The zero-order valence-electron chi connectivity index (χ0n) is 11.3. The smallest absolute Gasteiger partial charge is 0.356 e. The van der Waals surface area contributed by atoms with Crippen molar-refractivity contribution in [2.45, 2.75) is 6.54 Å². The number of ether oxygens (including phenoxy) is 1. The van der Waals surface area contributed by atoms with Crippen molar-refractivity contribution in [1.29, 1.82) is 0 Å². The highest BCUT2D eigenvalue weighted by atomic mass is 16.5. The Bertz CT molecular complexity index is 599. The highest BCUT2D eigenvalue weighted by Gasteiger charge is 2.08. The second-order valence-corrected chi connectivity index (χ2v) is 4.29. The van der Waals surface area contributed by atoms with Crippen molar-refractivity contribution < 1.29 is 14.6 Å². The average molecular weight is 273 g/mol. The molecule has 0 saturated heterocycles. The summed E-state index contributed by atoms with van der Waals surface area (Å²) in [5, 5.41) is 16.3. The zero-order chi connectivity index (χ0) is 14.5. The Morgan fingerprint density at radius 2 is 2.10 bits per heavy atom. The Balaban J connectivity index is 2.10. The topological polar surface area (TPSA) is 75.5 Å². The van der Waals surface area contributed by atoms with E-state index in [0.717, 1.165) is 11.3 Å². The van der Waals surface area contributed by atoms with Gasteiger partial charge in [0.25, 0.3) is 0 Å². The summed E-state index contributed by atoms with van der Waals surface area (Å²) in [6.45, 7) is 0.623. The van der Waals surface area contributed by atoms with Crippen LogP contribution in [-0.4, -0.2) is 35.4 Å². The number of benzene rings is 1. The lowest BCUT2D eigenvalue weighted by atomic mass is 10.2. The number of methoxy groups -OCH3 is 1. The third-order valence-corrected chi connectivity index (χ3v) is 2.81. The molecule has 0 spiro atoms. The van der Waals surface area contributed by atoms with Gasteiger partial charge in [0.05, 0.1) is 7.11 Å². The largest absolute Gasteiger partial charge is 0.497 e. The third-order valence-electron chi connectivity index (χ3n) is 2.81. The van der Waals surface area contributed by atoms with E-state index in [0.29, 0.717) is 12.4 Å². The van der Waals surface area contributed by atoms with Crippen LogP contribution in [0.15, 0.2) is 36.4 Å². The van der Waals surface area contributed by atoms with Crippen molar-refractivity contribution in [2.75, 3.05) is 19.1 Å². The first-order chi connectivity index (χ1) is 9.60. The van der Waals surface area contributed by atoms with Crippen molar-refractivity contribution >= 4 is 11.8 Å². The Morgan fingerprint density at radius 3 is 2.70 bits per heavy atom. The van der Waals surface area contributed by atoms with E-state index in [9.17, 15) is 4.79 Å². The summed E-state index contributed by atoms with van der Waals surface area (Å²) in [6.07, 6.45) is 0. The number of carboxylic acid groups (broad SMARTS) is 1. The molecule has 2 aromatic rings. The van der Waals surface area contributed by atoms with Crippen molar-refractivity contribution in [1.82, 2.24) is 10.2 Å². The molecule has 1 N–H and O–H groups in total. The minimum Gasteiger partial charge on any atom is -0.497 e. The van der Waals surface area contributed by atoms with E-state index in [1.54, 1.807) is 13.2 Å². The van der Waals surface area contributed by atoms with Crippen LogP contribution in [0, 0.1) is 0 Å². The van der Waals surface area contributed by atoms with E-state index in [1.807, 2.05) is 36.2 Å². The summed E-state index contributed by atoms with van der Waals surface area (Å²) in [5.41, 5.74) is 1.000. The summed E-state index contributed by atoms with van der Waals surface area (Å²) in [4.78, 5) is 12.6. The number of carboxylic acids is 1. The molecule has 6 heteroatoms. The molecular formula is C14H15N3O3. The summed E-state index contributed by atoms with van der Waals surface area (Å²) >= 11 is 0. The van der Waals surface area contributed by atoms with Gasteiger partial charge in [-0.3, -0.25) is 0 Å². The molecule has 2 rings (SSSR count). The minimum absolute atomic E-state index is 0.0662. The van der Waals surface area contributed by atoms with Gasteiger partial charge in [0, 0.05) is 13.6 Å². The molecule has 1 aromatic heterocycles.